The summed E-state index contributed by atoms with van der Waals surface area (Å²) in [6.45, 7) is 1.94. The molecular formula is C18H21NO. The van der Waals surface area contributed by atoms with E-state index in [1.54, 1.807) is 0 Å². The molecule has 1 aliphatic rings. The van der Waals surface area contributed by atoms with Gasteiger partial charge in [-0.25, -0.2) is 0 Å². The number of nitrogens with one attached hydrogen (secondary N) is 1. The molecule has 2 nitrogen and oxygen atoms in total. The molecule has 0 bridgehead atoms. The minimum Gasteiger partial charge on any atom is -0.390 e. The molecule has 1 saturated heterocycles. The second-order valence-corrected chi connectivity index (χ2v) is 6.00. The highest BCUT2D eigenvalue weighted by molar-refractivity contribution is 5.25. The second-order valence-electron chi connectivity index (χ2n) is 6.00. The Labute approximate surface area is 120 Å². The van der Waals surface area contributed by atoms with Crippen LogP contribution in [0.4, 0.5) is 0 Å². The van der Waals surface area contributed by atoms with Crippen LogP contribution in [0.1, 0.15) is 43.0 Å². The summed E-state index contributed by atoms with van der Waals surface area (Å²) in [6, 6.07) is 21.2. The minimum atomic E-state index is -0.633. The van der Waals surface area contributed by atoms with Crippen LogP contribution in [0.15, 0.2) is 60.7 Å². The normalized spacial score (nSPS) is 30.1. The maximum absolute atomic E-state index is 10.6. The van der Waals surface area contributed by atoms with Crippen LogP contribution in [0.3, 0.4) is 0 Å². The second kappa shape index (κ2) is 5.39. The summed E-state index contributed by atoms with van der Waals surface area (Å²) in [6.07, 6.45) is 1.50. The van der Waals surface area contributed by atoms with Crippen LogP contribution in [0.25, 0.3) is 0 Å². The Morgan fingerprint density at radius 3 is 1.65 bits per heavy atom. The molecule has 2 heteroatoms. The first-order valence-corrected chi connectivity index (χ1v) is 7.22. The SMILES string of the molecule is CC1(O)C[C@@H](c2ccccc2)N[C@@H](c2ccccc2)C1. The highest BCUT2D eigenvalue weighted by Crippen LogP contribution is 2.38. The molecule has 2 N–H and O–H groups in total. The first-order chi connectivity index (χ1) is 9.64. The lowest BCUT2D eigenvalue weighted by molar-refractivity contribution is -0.00426. The smallest absolute Gasteiger partial charge is 0.0656 e. The van der Waals surface area contributed by atoms with E-state index in [1.165, 1.54) is 11.1 Å². The summed E-state index contributed by atoms with van der Waals surface area (Å²) in [5.41, 5.74) is 1.86. The van der Waals surface area contributed by atoms with Gasteiger partial charge < -0.3 is 10.4 Å². The van der Waals surface area contributed by atoms with Crippen molar-refractivity contribution in [1.82, 2.24) is 5.32 Å². The van der Waals surface area contributed by atoms with Crippen LogP contribution in [0.5, 0.6) is 0 Å². The number of piperidine rings is 1. The van der Waals surface area contributed by atoms with E-state index in [-0.39, 0.29) is 12.1 Å². The van der Waals surface area contributed by atoms with Gasteiger partial charge in [0.15, 0.2) is 0 Å². The Balaban J connectivity index is 1.87. The predicted molar refractivity (Wildman–Crippen MR) is 81.4 cm³/mol. The molecule has 0 amide bonds. The fourth-order valence-electron chi connectivity index (χ4n) is 3.12. The van der Waals surface area contributed by atoms with Gasteiger partial charge in [-0.1, -0.05) is 60.7 Å². The Morgan fingerprint density at radius 2 is 1.25 bits per heavy atom. The summed E-state index contributed by atoms with van der Waals surface area (Å²) in [5, 5.41) is 14.3. The number of hydrogen-bond donors (Lipinski definition) is 2. The number of hydrogen-bond acceptors (Lipinski definition) is 2. The van der Waals surface area contributed by atoms with Crippen molar-refractivity contribution in [2.24, 2.45) is 0 Å². The van der Waals surface area contributed by atoms with Gasteiger partial charge in [0.2, 0.25) is 0 Å². The maximum Gasteiger partial charge on any atom is 0.0656 e. The topological polar surface area (TPSA) is 32.3 Å². The molecule has 2 aromatic carbocycles. The number of aliphatic hydroxyl groups is 1. The highest BCUT2D eigenvalue weighted by atomic mass is 16.3. The van der Waals surface area contributed by atoms with Gasteiger partial charge in [-0.15, -0.1) is 0 Å². The van der Waals surface area contributed by atoms with Crippen LogP contribution in [-0.4, -0.2) is 10.7 Å². The lowest BCUT2D eigenvalue weighted by atomic mass is 9.80. The summed E-state index contributed by atoms with van der Waals surface area (Å²) in [7, 11) is 0. The largest absolute Gasteiger partial charge is 0.390 e. The molecule has 0 saturated carbocycles. The maximum atomic E-state index is 10.6. The van der Waals surface area contributed by atoms with Crippen LogP contribution in [-0.2, 0) is 0 Å². The molecule has 0 radical (unpaired) electrons. The van der Waals surface area contributed by atoms with E-state index < -0.39 is 5.60 Å². The number of benzene rings is 2. The third-order valence-electron chi connectivity index (χ3n) is 4.09. The predicted octanol–water partition coefficient (Wildman–Crippen LogP) is 3.60. The average molecular weight is 267 g/mol. The zero-order valence-corrected chi connectivity index (χ0v) is 11.8. The van der Waals surface area contributed by atoms with Crippen molar-refractivity contribution >= 4 is 0 Å². The molecule has 1 aliphatic heterocycles. The Morgan fingerprint density at radius 1 is 0.850 bits per heavy atom. The van der Waals surface area contributed by atoms with Gasteiger partial charge in [-0.05, 0) is 30.9 Å². The van der Waals surface area contributed by atoms with Crippen molar-refractivity contribution in [2.45, 2.75) is 37.5 Å². The van der Waals surface area contributed by atoms with Gasteiger partial charge in [0.25, 0.3) is 0 Å². The molecule has 1 fully saturated rings. The molecule has 0 aliphatic carbocycles. The summed E-state index contributed by atoms with van der Waals surface area (Å²) in [5.74, 6) is 0. The van der Waals surface area contributed by atoms with Crippen LogP contribution in [0, 0.1) is 0 Å². The third kappa shape index (κ3) is 2.92. The standard InChI is InChI=1S/C18H21NO/c1-18(20)12-16(14-8-4-2-5-9-14)19-17(13-18)15-10-6-3-7-11-15/h2-11,16-17,19-20H,12-13H2,1H3/t16-,17+,18?. The monoisotopic (exact) mass is 267 g/mol. The third-order valence-corrected chi connectivity index (χ3v) is 4.09. The number of rotatable bonds is 2. The zero-order chi connectivity index (χ0) is 14.0. The summed E-state index contributed by atoms with van der Waals surface area (Å²) >= 11 is 0. The van der Waals surface area contributed by atoms with E-state index in [2.05, 4.69) is 53.8 Å². The van der Waals surface area contributed by atoms with E-state index in [1.807, 2.05) is 19.1 Å². The molecule has 3 atom stereocenters. The molecule has 3 rings (SSSR count). The van der Waals surface area contributed by atoms with Crippen molar-refractivity contribution in [3.05, 3.63) is 71.8 Å². The first kappa shape index (κ1) is 13.3. The van der Waals surface area contributed by atoms with Crippen molar-refractivity contribution in [3.63, 3.8) is 0 Å². The first-order valence-electron chi connectivity index (χ1n) is 7.22. The summed E-state index contributed by atoms with van der Waals surface area (Å²) in [4.78, 5) is 0. The molecule has 0 aromatic heterocycles. The lowest BCUT2D eigenvalue weighted by Gasteiger charge is -2.40. The minimum absolute atomic E-state index is 0.199. The fourth-order valence-corrected chi connectivity index (χ4v) is 3.12. The van der Waals surface area contributed by atoms with E-state index >= 15 is 0 Å². The van der Waals surface area contributed by atoms with E-state index in [9.17, 15) is 5.11 Å². The van der Waals surface area contributed by atoms with E-state index in [0.717, 1.165) is 12.8 Å². The summed E-state index contributed by atoms with van der Waals surface area (Å²) < 4.78 is 0. The van der Waals surface area contributed by atoms with Gasteiger partial charge in [-0.3, -0.25) is 0 Å². The van der Waals surface area contributed by atoms with Gasteiger partial charge in [0.05, 0.1) is 5.60 Å². The molecule has 104 valence electrons. The molecule has 1 unspecified atom stereocenters. The van der Waals surface area contributed by atoms with Crippen LogP contribution in [0.2, 0.25) is 0 Å². The molecular weight excluding hydrogens is 246 g/mol. The van der Waals surface area contributed by atoms with Gasteiger partial charge in [0.1, 0.15) is 0 Å². The molecule has 2 aromatic rings. The average Bonchev–Trinajstić information content (AvgIpc) is 2.47. The molecule has 20 heavy (non-hydrogen) atoms. The zero-order valence-electron chi connectivity index (χ0n) is 11.8. The van der Waals surface area contributed by atoms with Gasteiger partial charge >= 0.3 is 0 Å². The fraction of sp³-hybridized carbons (Fsp3) is 0.333. The van der Waals surface area contributed by atoms with Crippen molar-refractivity contribution in [1.29, 1.82) is 0 Å². The van der Waals surface area contributed by atoms with Crippen molar-refractivity contribution in [2.75, 3.05) is 0 Å². The lowest BCUT2D eigenvalue weighted by Crippen LogP contribution is -2.43. The Hall–Kier alpha value is -1.64. The molecule has 0 spiro atoms. The Kier molecular flexibility index (Phi) is 3.60. The van der Waals surface area contributed by atoms with Crippen LogP contribution >= 0.6 is 0 Å². The van der Waals surface area contributed by atoms with E-state index in [0.29, 0.717) is 0 Å². The quantitative estimate of drug-likeness (QED) is 0.871. The van der Waals surface area contributed by atoms with Crippen molar-refractivity contribution in [3.8, 4) is 0 Å². The Bertz CT molecular complexity index is 501. The van der Waals surface area contributed by atoms with Crippen LogP contribution < -0.4 is 5.32 Å². The molecule has 1 heterocycles. The van der Waals surface area contributed by atoms with Gasteiger partial charge in [-0.2, -0.15) is 0 Å². The van der Waals surface area contributed by atoms with E-state index in [4.69, 9.17) is 0 Å². The van der Waals surface area contributed by atoms with Crippen molar-refractivity contribution < 1.29 is 5.11 Å². The highest BCUT2D eigenvalue weighted by Gasteiger charge is 2.36. The van der Waals surface area contributed by atoms with Gasteiger partial charge in [0, 0.05) is 12.1 Å².